The molecule has 0 aromatic heterocycles. The van der Waals surface area contributed by atoms with Crippen molar-refractivity contribution in [3.63, 3.8) is 0 Å². The summed E-state index contributed by atoms with van der Waals surface area (Å²) >= 11 is 0. The lowest BCUT2D eigenvalue weighted by Crippen LogP contribution is -2.33. The predicted molar refractivity (Wildman–Crippen MR) is 73.3 cm³/mol. The van der Waals surface area contributed by atoms with Crippen LogP contribution in [0.5, 0.6) is 5.75 Å². The molecular formula is C15H21NO3. The van der Waals surface area contributed by atoms with Crippen LogP contribution in [-0.4, -0.2) is 43.7 Å². The number of likely N-dealkylation sites (N-methyl/N-ethyl adjacent to an activating group) is 1. The molecule has 4 nitrogen and oxygen atoms in total. The van der Waals surface area contributed by atoms with Crippen LogP contribution < -0.4 is 4.74 Å². The molecule has 0 radical (unpaired) electrons. The first-order valence-electron chi connectivity index (χ1n) is 6.77. The van der Waals surface area contributed by atoms with Gasteiger partial charge in [-0.05, 0) is 25.6 Å². The Labute approximate surface area is 114 Å². The number of esters is 1. The molecule has 1 aromatic rings. The molecule has 4 heteroatoms. The van der Waals surface area contributed by atoms with E-state index >= 15 is 0 Å². The smallest absolute Gasteiger partial charge is 0.307 e. The molecule has 1 heterocycles. The van der Waals surface area contributed by atoms with E-state index in [9.17, 15) is 4.79 Å². The van der Waals surface area contributed by atoms with Gasteiger partial charge in [-0.25, -0.2) is 0 Å². The van der Waals surface area contributed by atoms with E-state index in [1.807, 2.05) is 32.2 Å². The molecule has 1 unspecified atom stereocenters. The second kappa shape index (κ2) is 6.57. The third-order valence-corrected chi connectivity index (χ3v) is 3.23. The number of rotatable bonds is 6. The molecule has 0 saturated carbocycles. The molecule has 0 saturated heterocycles. The van der Waals surface area contributed by atoms with Crippen molar-refractivity contribution in [3.05, 3.63) is 29.8 Å². The zero-order valence-corrected chi connectivity index (χ0v) is 11.6. The summed E-state index contributed by atoms with van der Waals surface area (Å²) in [6.07, 6.45) is 1.56. The van der Waals surface area contributed by atoms with Crippen LogP contribution in [0.4, 0.5) is 0 Å². The number of fused-ring (bicyclic) bond motifs is 1. The van der Waals surface area contributed by atoms with E-state index in [0.717, 1.165) is 18.7 Å². The van der Waals surface area contributed by atoms with Crippen molar-refractivity contribution in [2.45, 2.75) is 25.9 Å². The van der Waals surface area contributed by atoms with E-state index in [4.69, 9.17) is 9.47 Å². The lowest BCUT2D eigenvalue weighted by atomic mass is 10.1. The molecule has 19 heavy (non-hydrogen) atoms. The Hall–Kier alpha value is -1.55. The second-order valence-corrected chi connectivity index (χ2v) is 4.87. The van der Waals surface area contributed by atoms with Crippen molar-refractivity contribution >= 4 is 5.97 Å². The Bertz CT molecular complexity index is 408. The van der Waals surface area contributed by atoms with Gasteiger partial charge in [0.25, 0.3) is 0 Å². The van der Waals surface area contributed by atoms with Gasteiger partial charge in [0.2, 0.25) is 0 Å². The number of hydrogen-bond donors (Lipinski definition) is 0. The fourth-order valence-electron chi connectivity index (χ4n) is 2.31. The van der Waals surface area contributed by atoms with Gasteiger partial charge in [0, 0.05) is 19.5 Å². The van der Waals surface area contributed by atoms with E-state index < -0.39 is 0 Å². The molecule has 104 valence electrons. The molecule has 1 atom stereocenters. The molecule has 0 fully saturated rings. The average molecular weight is 263 g/mol. The Balaban J connectivity index is 1.73. The molecule has 2 rings (SSSR count). The van der Waals surface area contributed by atoms with E-state index in [1.165, 1.54) is 5.56 Å². The molecule has 1 aliphatic rings. The first-order valence-corrected chi connectivity index (χ1v) is 6.77. The van der Waals surface area contributed by atoms with Gasteiger partial charge in [0.05, 0.1) is 13.0 Å². The summed E-state index contributed by atoms with van der Waals surface area (Å²) in [5, 5.41) is 0. The second-order valence-electron chi connectivity index (χ2n) is 4.87. The number of hydrogen-bond acceptors (Lipinski definition) is 4. The monoisotopic (exact) mass is 263 g/mol. The third kappa shape index (κ3) is 3.96. The van der Waals surface area contributed by atoms with Crippen LogP contribution >= 0.6 is 0 Å². The molecule has 1 aliphatic heterocycles. The minimum absolute atomic E-state index is 0.134. The Morgan fingerprint density at radius 1 is 1.47 bits per heavy atom. The molecule has 0 aliphatic carbocycles. The Morgan fingerprint density at radius 3 is 3.00 bits per heavy atom. The first-order chi connectivity index (χ1) is 9.19. The molecule has 0 bridgehead atoms. The summed E-state index contributed by atoms with van der Waals surface area (Å²) in [6.45, 7) is 3.80. The highest BCUT2D eigenvalue weighted by Gasteiger charge is 2.23. The number of nitrogens with zero attached hydrogens (tertiary/aromatic N) is 1. The van der Waals surface area contributed by atoms with Crippen molar-refractivity contribution in [1.29, 1.82) is 0 Å². The highest BCUT2D eigenvalue weighted by atomic mass is 16.5. The topological polar surface area (TPSA) is 38.8 Å². The van der Waals surface area contributed by atoms with Gasteiger partial charge < -0.3 is 14.4 Å². The van der Waals surface area contributed by atoms with E-state index in [0.29, 0.717) is 19.6 Å². The van der Waals surface area contributed by atoms with Gasteiger partial charge in [-0.1, -0.05) is 18.2 Å². The Kier molecular flexibility index (Phi) is 4.80. The fourth-order valence-corrected chi connectivity index (χ4v) is 2.31. The zero-order chi connectivity index (χ0) is 13.7. The van der Waals surface area contributed by atoms with Crippen LogP contribution in [0.2, 0.25) is 0 Å². The van der Waals surface area contributed by atoms with E-state index in [-0.39, 0.29) is 12.1 Å². The maximum Gasteiger partial charge on any atom is 0.307 e. The van der Waals surface area contributed by atoms with Crippen LogP contribution in [0.15, 0.2) is 24.3 Å². The summed E-state index contributed by atoms with van der Waals surface area (Å²) in [5.41, 5.74) is 1.27. The summed E-state index contributed by atoms with van der Waals surface area (Å²) in [4.78, 5) is 13.4. The summed E-state index contributed by atoms with van der Waals surface area (Å²) in [6, 6.07) is 8.14. The largest absolute Gasteiger partial charge is 0.488 e. The van der Waals surface area contributed by atoms with E-state index in [2.05, 4.69) is 11.0 Å². The number of carbonyl (C=O) groups is 1. The quantitative estimate of drug-likeness (QED) is 0.735. The number of ether oxygens (including phenoxy) is 2. The molecular weight excluding hydrogens is 242 g/mol. The average Bonchev–Trinajstić information content (AvgIpc) is 2.78. The lowest BCUT2D eigenvalue weighted by molar-refractivity contribution is -0.143. The summed E-state index contributed by atoms with van der Waals surface area (Å²) in [7, 11) is 2.01. The van der Waals surface area contributed by atoms with Crippen molar-refractivity contribution in [3.8, 4) is 5.75 Å². The molecule has 0 spiro atoms. The maximum atomic E-state index is 11.3. The zero-order valence-electron chi connectivity index (χ0n) is 11.6. The predicted octanol–water partition coefficient (Wildman–Crippen LogP) is 1.88. The van der Waals surface area contributed by atoms with Gasteiger partial charge in [0.1, 0.15) is 11.9 Å². The molecule has 1 aromatic carbocycles. The standard InChI is InChI=1S/C15H21NO3/c1-3-18-15(17)8-9-16(2)11-13-10-12-6-4-5-7-14(12)19-13/h4-7,13H,3,8-11H2,1-2H3. The van der Waals surface area contributed by atoms with Crippen LogP contribution in [0, 0.1) is 0 Å². The summed E-state index contributed by atoms with van der Waals surface area (Å²) in [5.74, 6) is 0.858. The van der Waals surface area contributed by atoms with Gasteiger partial charge in [-0.2, -0.15) is 0 Å². The number of para-hydroxylation sites is 1. The first kappa shape index (κ1) is 13.9. The van der Waals surface area contributed by atoms with Gasteiger partial charge in [-0.3, -0.25) is 4.79 Å². The van der Waals surface area contributed by atoms with Crippen LogP contribution in [0.1, 0.15) is 18.9 Å². The van der Waals surface area contributed by atoms with Crippen LogP contribution in [0.3, 0.4) is 0 Å². The van der Waals surface area contributed by atoms with Gasteiger partial charge in [-0.15, -0.1) is 0 Å². The minimum atomic E-state index is -0.134. The highest BCUT2D eigenvalue weighted by Crippen LogP contribution is 2.28. The molecule has 0 N–H and O–H groups in total. The SMILES string of the molecule is CCOC(=O)CCN(C)CC1Cc2ccccc2O1. The lowest BCUT2D eigenvalue weighted by Gasteiger charge is -2.20. The minimum Gasteiger partial charge on any atom is -0.488 e. The van der Waals surface area contributed by atoms with Crippen molar-refractivity contribution in [2.75, 3.05) is 26.7 Å². The maximum absolute atomic E-state index is 11.3. The Morgan fingerprint density at radius 2 is 2.26 bits per heavy atom. The number of carbonyl (C=O) groups excluding carboxylic acids is 1. The highest BCUT2D eigenvalue weighted by molar-refractivity contribution is 5.69. The van der Waals surface area contributed by atoms with Crippen LogP contribution in [0.25, 0.3) is 0 Å². The van der Waals surface area contributed by atoms with Gasteiger partial charge >= 0.3 is 5.97 Å². The third-order valence-electron chi connectivity index (χ3n) is 3.23. The normalized spacial score (nSPS) is 17.1. The van der Waals surface area contributed by atoms with E-state index in [1.54, 1.807) is 0 Å². The van der Waals surface area contributed by atoms with Crippen molar-refractivity contribution in [2.24, 2.45) is 0 Å². The summed E-state index contributed by atoms with van der Waals surface area (Å²) < 4.78 is 10.8. The fraction of sp³-hybridized carbons (Fsp3) is 0.533. The molecule has 0 amide bonds. The van der Waals surface area contributed by atoms with Crippen LogP contribution in [-0.2, 0) is 16.0 Å². The van der Waals surface area contributed by atoms with Crippen molar-refractivity contribution < 1.29 is 14.3 Å². The van der Waals surface area contributed by atoms with Gasteiger partial charge in [0.15, 0.2) is 0 Å². The number of benzene rings is 1. The van der Waals surface area contributed by atoms with Crippen molar-refractivity contribution in [1.82, 2.24) is 4.90 Å².